The van der Waals surface area contributed by atoms with E-state index >= 15 is 0 Å². The Morgan fingerprint density at radius 3 is 2.50 bits per heavy atom. The van der Waals surface area contributed by atoms with Crippen molar-refractivity contribution in [1.82, 2.24) is 9.80 Å². The molecule has 134 valence electrons. The van der Waals surface area contributed by atoms with Gasteiger partial charge in [0.25, 0.3) is 6.43 Å². The van der Waals surface area contributed by atoms with Gasteiger partial charge in [-0.05, 0) is 24.0 Å². The van der Waals surface area contributed by atoms with Crippen molar-refractivity contribution in [2.75, 3.05) is 39.8 Å². The van der Waals surface area contributed by atoms with Crippen molar-refractivity contribution in [2.24, 2.45) is 5.92 Å². The molecule has 1 amide bonds. The van der Waals surface area contributed by atoms with Gasteiger partial charge in [0.05, 0.1) is 13.7 Å². The summed E-state index contributed by atoms with van der Waals surface area (Å²) in [5.74, 6) is 1.15. The first-order valence-corrected chi connectivity index (χ1v) is 8.39. The van der Waals surface area contributed by atoms with Gasteiger partial charge in [-0.1, -0.05) is 25.1 Å². The summed E-state index contributed by atoms with van der Waals surface area (Å²) in [7, 11) is 1.65. The molecule has 0 N–H and O–H groups in total. The highest BCUT2D eigenvalue weighted by molar-refractivity contribution is 5.76. The molecule has 0 saturated carbocycles. The van der Waals surface area contributed by atoms with Crippen LogP contribution >= 0.6 is 0 Å². The third-order valence-corrected chi connectivity index (χ3v) is 4.41. The maximum atomic E-state index is 12.4. The molecule has 1 fully saturated rings. The fourth-order valence-electron chi connectivity index (χ4n) is 3.12. The first-order valence-electron chi connectivity index (χ1n) is 8.39. The van der Waals surface area contributed by atoms with Gasteiger partial charge < -0.3 is 9.64 Å². The van der Waals surface area contributed by atoms with E-state index in [4.69, 9.17) is 4.74 Å². The summed E-state index contributed by atoms with van der Waals surface area (Å²) in [6, 6.07) is 7.83. The Bertz CT molecular complexity index is 532. The Morgan fingerprint density at radius 2 is 1.88 bits per heavy atom. The summed E-state index contributed by atoms with van der Waals surface area (Å²) in [6.07, 6.45) is -1.07. The fourth-order valence-corrected chi connectivity index (χ4v) is 3.12. The minimum absolute atomic E-state index is 0.106. The van der Waals surface area contributed by atoms with Gasteiger partial charge in [0.15, 0.2) is 0 Å². The largest absolute Gasteiger partial charge is 0.496 e. The van der Waals surface area contributed by atoms with E-state index in [0.717, 1.165) is 17.7 Å². The molecule has 0 aliphatic carbocycles. The van der Waals surface area contributed by atoms with E-state index in [1.165, 1.54) is 0 Å². The van der Waals surface area contributed by atoms with Crippen LogP contribution in [0.15, 0.2) is 24.3 Å². The third kappa shape index (κ3) is 5.44. The Labute approximate surface area is 142 Å². The van der Waals surface area contributed by atoms with Gasteiger partial charge in [-0.25, -0.2) is 8.78 Å². The Balaban J connectivity index is 1.80. The molecule has 24 heavy (non-hydrogen) atoms. The van der Waals surface area contributed by atoms with E-state index in [1.807, 2.05) is 24.3 Å². The molecule has 1 aliphatic heterocycles. The highest BCUT2D eigenvalue weighted by Crippen LogP contribution is 2.22. The molecule has 0 radical (unpaired) electrons. The van der Waals surface area contributed by atoms with Crippen molar-refractivity contribution in [1.29, 1.82) is 0 Å². The van der Waals surface area contributed by atoms with Gasteiger partial charge >= 0.3 is 0 Å². The number of methoxy groups -OCH3 is 1. The molecular formula is C18H26F2N2O2. The number of rotatable bonds is 7. The molecule has 0 unspecified atom stereocenters. The van der Waals surface area contributed by atoms with Crippen molar-refractivity contribution >= 4 is 5.91 Å². The molecule has 0 spiro atoms. The molecule has 1 saturated heterocycles. The van der Waals surface area contributed by atoms with Gasteiger partial charge in [-0.2, -0.15) is 0 Å². The van der Waals surface area contributed by atoms with Crippen LogP contribution in [0.4, 0.5) is 8.78 Å². The maximum absolute atomic E-state index is 12.4. The number of carbonyl (C=O) groups is 1. The lowest BCUT2D eigenvalue weighted by Crippen LogP contribution is -2.50. The molecule has 1 heterocycles. The van der Waals surface area contributed by atoms with Crippen LogP contribution in [0, 0.1) is 5.92 Å². The number of amides is 1. The average Bonchev–Trinajstić information content (AvgIpc) is 2.55. The summed E-state index contributed by atoms with van der Waals surface area (Å²) in [5, 5.41) is 0. The molecule has 4 nitrogen and oxygen atoms in total. The molecule has 1 aliphatic rings. The zero-order valence-corrected chi connectivity index (χ0v) is 14.4. The number of ether oxygens (including phenoxy) is 1. The lowest BCUT2D eigenvalue weighted by molar-refractivity contribution is -0.134. The fraction of sp³-hybridized carbons (Fsp3) is 0.611. The van der Waals surface area contributed by atoms with E-state index in [-0.39, 0.29) is 18.4 Å². The number of nitrogens with zero attached hydrogens (tertiary/aromatic N) is 2. The van der Waals surface area contributed by atoms with Gasteiger partial charge in [0.2, 0.25) is 5.91 Å². The Hall–Kier alpha value is -1.69. The first-order chi connectivity index (χ1) is 11.5. The zero-order valence-electron chi connectivity index (χ0n) is 14.4. The molecule has 2 rings (SSSR count). The predicted molar refractivity (Wildman–Crippen MR) is 89.5 cm³/mol. The van der Waals surface area contributed by atoms with Crippen LogP contribution in [0.2, 0.25) is 0 Å². The summed E-state index contributed by atoms with van der Waals surface area (Å²) < 4.78 is 30.1. The normalized spacial score (nSPS) is 17.1. The van der Waals surface area contributed by atoms with Crippen LogP contribution in [-0.4, -0.2) is 62.0 Å². The molecule has 1 aromatic carbocycles. The minimum atomic E-state index is -2.31. The molecule has 0 aromatic heterocycles. The summed E-state index contributed by atoms with van der Waals surface area (Å²) in [6.45, 7) is 3.97. The molecule has 0 bridgehead atoms. The van der Waals surface area contributed by atoms with Crippen molar-refractivity contribution in [3.05, 3.63) is 29.8 Å². The lowest BCUT2D eigenvalue weighted by atomic mass is 9.96. The standard InChI is InChI=1S/C18H26F2N2O2/c1-14(11-15-5-3-4-6-16(15)24-2)12-18(23)22-9-7-21(8-10-22)13-17(19)20/h3-6,14,17H,7-13H2,1-2H3/t14-/m0/s1. The Kier molecular flexibility index (Phi) is 6.97. The smallest absolute Gasteiger partial charge is 0.251 e. The molecule has 1 aromatic rings. The van der Waals surface area contributed by atoms with Crippen LogP contribution in [0.25, 0.3) is 0 Å². The van der Waals surface area contributed by atoms with Gasteiger partial charge in [-0.15, -0.1) is 0 Å². The number of hydrogen-bond acceptors (Lipinski definition) is 3. The number of para-hydroxylation sites is 1. The summed E-state index contributed by atoms with van der Waals surface area (Å²) >= 11 is 0. The highest BCUT2D eigenvalue weighted by atomic mass is 19.3. The number of carbonyl (C=O) groups excluding carboxylic acids is 1. The van der Waals surface area contributed by atoms with Crippen molar-refractivity contribution in [3.63, 3.8) is 0 Å². The van der Waals surface area contributed by atoms with Crippen molar-refractivity contribution < 1.29 is 18.3 Å². The second kappa shape index (κ2) is 8.97. The van der Waals surface area contributed by atoms with Crippen LogP contribution in [0.5, 0.6) is 5.75 Å². The van der Waals surface area contributed by atoms with E-state index in [0.29, 0.717) is 32.6 Å². The molecule has 1 atom stereocenters. The number of piperazine rings is 1. The minimum Gasteiger partial charge on any atom is -0.496 e. The number of alkyl halides is 2. The Morgan fingerprint density at radius 1 is 1.21 bits per heavy atom. The van der Waals surface area contributed by atoms with E-state index in [1.54, 1.807) is 16.9 Å². The van der Waals surface area contributed by atoms with E-state index in [9.17, 15) is 13.6 Å². The van der Waals surface area contributed by atoms with Crippen molar-refractivity contribution in [3.8, 4) is 5.75 Å². The van der Waals surface area contributed by atoms with Crippen LogP contribution in [-0.2, 0) is 11.2 Å². The van der Waals surface area contributed by atoms with Crippen LogP contribution in [0.3, 0.4) is 0 Å². The summed E-state index contributed by atoms with van der Waals surface area (Å²) in [5.41, 5.74) is 1.10. The van der Waals surface area contributed by atoms with Gasteiger partial charge in [0.1, 0.15) is 5.75 Å². The number of halogens is 2. The molecule has 6 heteroatoms. The zero-order chi connectivity index (χ0) is 17.5. The van der Waals surface area contributed by atoms with Gasteiger partial charge in [-0.3, -0.25) is 9.69 Å². The highest BCUT2D eigenvalue weighted by Gasteiger charge is 2.24. The monoisotopic (exact) mass is 340 g/mol. The average molecular weight is 340 g/mol. The summed E-state index contributed by atoms with van der Waals surface area (Å²) in [4.78, 5) is 15.9. The quantitative estimate of drug-likeness (QED) is 0.765. The van der Waals surface area contributed by atoms with Crippen LogP contribution in [0.1, 0.15) is 18.9 Å². The van der Waals surface area contributed by atoms with Crippen molar-refractivity contribution in [2.45, 2.75) is 26.2 Å². The lowest BCUT2D eigenvalue weighted by Gasteiger charge is -2.35. The third-order valence-electron chi connectivity index (χ3n) is 4.41. The number of hydrogen-bond donors (Lipinski definition) is 0. The predicted octanol–water partition coefficient (Wildman–Crippen LogP) is 2.67. The SMILES string of the molecule is COc1ccccc1C[C@H](C)CC(=O)N1CCN(CC(F)F)CC1. The van der Waals surface area contributed by atoms with E-state index in [2.05, 4.69) is 6.92 Å². The topological polar surface area (TPSA) is 32.8 Å². The van der Waals surface area contributed by atoms with Gasteiger partial charge in [0, 0.05) is 32.6 Å². The van der Waals surface area contributed by atoms with E-state index < -0.39 is 6.43 Å². The second-order valence-electron chi connectivity index (χ2n) is 6.40. The number of benzene rings is 1. The first kappa shape index (κ1) is 18.6. The maximum Gasteiger partial charge on any atom is 0.251 e. The molecular weight excluding hydrogens is 314 g/mol. The van der Waals surface area contributed by atoms with Crippen LogP contribution < -0.4 is 4.74 Å². The second-order valence-corrected chi connectivity index (χ2v) is 6.40.